The standard InChI is InChI=1S/C55H67NO14/c1-38-12-20-42(21-13-38)30-50(59)64-34-46(35-65-51(60)31-43-22-14-39(2)15-23-43)68-48(57)10-8-28-56(54(63)70-55(5,6)7)29-9-11-49(58)69-47(36-66-52(61)32-44-24-16-40(3)17-25-44)37-67-53(62)33-45-26-18-41(4)19-27-45/h12-27,46-47H,8-11,28-37H2,1-7H3. The Morgan fingerprint density at radius 2 is 0.671 bits per heavy atom. The van der Waals surface area contributed by atoms with Gasteiger partial charge in [0.2, 0.25) is 0 Å². The minimum absolute atomic E-state index is 0.0121. The van der Waals surface area contributed by atoms with Crippen molar-refractivity contribution in [3.63, 3.8) is 0 Å². The fourth-order valence-electron chi connectivity index (χ4n) is 6.61. The molecule has 376 valence electrons. The minimum atomic E-state index is -1.11. The van der Waals surface area contributed by atoms with Gasteiger partial charge in [0.1, 0.15) is 32.0 Å². The summed E-state index contributed by atoms with van der Waals surface area (Å²) in [5, 5.41) is 0. The first-order chi connectivity index (χ1) is 33.3. The van der Waals surface area contributed by atoms with E-state index in [0.717, 1.165) is 44.5 Å². The summed E-state index contributed by atoms with van der Waals surface area (Å²) in [6.07, 6.45) is -3.03. The Balaban J connectivity index is 1.32. The average Bonchev–Trinajstić information content (AvgIpc) is 3.30. The van der Waals surface area contributed by atoms with Crippen molar-refractivity contribution in [1.29, 1.82) is 0 Å². The molecule has 0 heterocycles. The highest BCUT2D eigenvalue weighted by Gasteiger charge is 2.25. The summed E-state index contributed by atoms with van der Waals surface area (Å²) < 4.78 is 38.7. The molecular weight excluding hydrogens is 899 g/mol. The first-order valence-corrected chi connectivity index (χ1v) is 23.5. The number of aryl methyl sites for hydroxylation is 4. The Labute approximate surface area is 411 Å². The van der Waals surface area contributed by atoms with Gasteiger partial charge >= 0.3 is 41.9 Å². The van der Waals surface area contributed by atoms with Gasteiger partial charge < -0.3 is 38.1 Å². The van der Waals surface area contributed by atoms with E-state index in [1.165, 1.54) is 4.90 Å². The predicted molar refractivity (Wildman–Crippen MR) is 259 cm³/mol. The van der Waals surface area contributed by atoms with Gasteiger partial charge in [-0.1, -0.05) is 119 Å². The Morgan fingerprint density at radius 3 is 0.914 bits per heavy atom. The van der Waals surface area contributed by atoms with E-state index in [2.05, 4.69) is 0 Å². The van der Waals surface area contributed by atoms with Crippen molar-refractivity contribution in [3.05, 3.63) is 142 Å². The van der Waals surface area contributed by atoms with Crippen molar-refractivity contribution in [2.75, 3.05) is 39.5 Å². The van der Waals surface area contributed by atoms with Crippen LogP contribution >= 0.6 is 0 Å². The Hall–Kier alpha value is -7.03. The number of esters is 6. The molecule has 0 fully saturated rings. The highest BCUT2D eigenvalue weighted by Crippen LogP contribution is 2.15. The number of hydrogen-bond acceptors (Lipinski definition) is 14. The molecular formula is C55H67NO14. The largest absolute Gasteiger partial charge is 0.461 e. The zero-order chi connectivity index (χ0) is 51.1. The number of amides is 1. The normalized spacial score (nSPS) is 11.1. The lowest BCUT2D eigenvalue weighted by Gasteiger charge is -2.27. The minimum Gasteiger partial charge on any atom is -0.461 e. The molecule has 4 rings (SSSR count). The summed E-state index contributed by atoms with van der Waals surface area (Å²) in [6.45, 7) is 11.5. The molecule has 4 aromatic carbocycles. The fourth-order valence-corrected chi connectivity index (χ4v) is 6.61. The Morgan fingerprint density at radius 1 is 0.414 bits per heavy atom. The summed E-state index contributed by atoms with van der Waals surface area (Å²) in [7, 11) is 0. The molecule has 0 aliphatic carbocycles. The van der Waals surface area contributed by atoms with Crippen LogP contribution in [-0.4, -0.2) is 104 Å². The fraction of sp³-hybridized carbons (Fsp3) is 0.436. The number of nitrogens with zero attached hydrogens (tertiary/aromatic N) is 1. The number of rotatable bonds is 26. The maximum absolute atomic E-state index is 13.3. The van der Waals surface area contributed by atoms with Crippen LogP contribution in [0.3, 0.4) is 0 Å². The molecule has 0 saturated heterocycles. The van der Waals surface area contributed by atoms with Crippen molar-refractivity contribution in [1.82, 2.24) is 4.90 Å². The lowest BCUT2D eigenvalue weighted by atomic mass is 10.1. The monoisotopic (exact) mass is 965 g/mol. The SMILES string of the molecule is Cc1ccc(CC(=O)OCC(COC(=O)Cc2ccc(C)cc2)OC(=O)CCCN(CCCC(=O)OC(COC(=O)Cc2ccc(C)cc2)COC(=O)Cc2ccc(C)cc2)C(=O)OC(C)(C)C)cc1. The molecule has 0 aromatic heterocycles. The molecule has 15 heteroatoms. The zero-order valence-electron chi connectivity index (χ0n) is 41.5. The topological polar surface area (TPSA) is 187 Å². The predicted octanol–water partition coefficient (Wildman–Crippen LogP) is 7.98. The molecule has 0 atom stereocenters. The number of carbonyl (C=O) groups excluding carboxylic acids is 7. The van der Waals surface area contributed by atoms with Gasteiger partial charge in [0.05, 0.1) is 25.7 Å². The molecule has 0 saturated carbocycles. The van der Waals surface area contributed by atoms with Crippen LogP contribution in [0.15, 0.2) is 97.1 Å². The Bertz CT molecular complexity index is 2040. The summed E-state index contributed by atoms with van der Waals surface area (Å²) in [4.78, 5) is 92.1. The molecule has 1 amide bonds. The molecule has 15 nitrogen and oxygen atoms in total. The maximum Gasteiger partial charge on any atom is 0.410 e. The van der Waals surface area contributed by atoms with Gasteiger partial charge in [-0.3, -0.25) is 28.8 Å². The first-order valence-electron chi connectivity index (χ1n) is 23.5. The van der Waals surface area contributed by atoms with E-state index in [4.69, 9.17) is 33.2 Å². The number of benzene rings is 4. The quantitative estimate of drug-likeness (QED) is 0.0435. The van der Waals surface area contributed by atoms with Crippen molar-refractivity contribution in [2.24, 2.45) is 0 Å². The van der Waals surface area contributed by atoms with E-state index in [-0.39, 0.29) is 90.9 Å². The third kappa shape index (κ3) is 22.8. The molecule has 0 radical (unpaired) electrons. The van der Waals surface area contributed by atoms with E-state index in [1.807, 2.05) is 125 Å². The highest BCUT2D eigenvalue weighted by molar-refractivity contribution is 5.75. The highest BCUT2D eigenvalue weighted by atomic mass is 16.6. The molecule has 70 heavy (non-hydrogen) atoms. The van der Waals surface area contributed by atoms with Gasteiger partial charge in [-0.2, -0.15) is 0 Å². The van der Waals surface area contributed by atoms with E-state index in [9.17, 15) is 33.6 Å². The lowest BCUT2D eigenvalue weighted by Crippen LogP contribution is -2.38. The second kappa shape index (κ2) is 28.5. The molecule has 0 spiro atoms. The van der Waals surface area contributed by atoms with Crippen LogP contribution in [-0.2, 0) is 87.6 Å². The van der Waals surface area contributed by atoms with Gasteiger partial charge in [-0.15, -0.1) is 0 Å². The first kappa shape index (κ1) is 55.6. The summed E-state index contributed by atoms with van der Waals surface area (Å²) >= 11 is 0. The van der Waals surface area contributed by atoms with Crippen molar-refractivity contribution >= 4 is 41.9 Å². The summed E-state index contributed by atoms with van der Waals surface area (Å²) in [5.74, 6) is -3.61. The van der Waals surface area contributed by atoms with Crippen LogP contribution < -0.4 is 0 Å². The number of ether oxygens (including phenoxy) is 7. The van der Waals surface area contributed by atoms with Gasteiger partial charge in [-0.25, -0.2) is 4.79 Å². The van der Waals surface area contributed by atoms with Gasteiger partial charge in [0.15, 0.2) is 12.2 Å². The molecule has 0 bridgehead atoms. The van der Waals surface area contributed by atoms with Crippen LogP contribution in [0.2, 0.25) is 0 Å². The summed E-state index contributed by atoms with van der Waals surface area (Å²) in [5.41, 5.74) is 6.25. The third-order valence-electron chi connectivity index (χ3n) is 10.5. The number of hydrogen-bond donors (Lipinski definition) is 0. The van der Waals surface area contributed by atoms with Crippen molar-refractivity contribution in [3.8, 4) is 0 Å². The molecule has 0 unspecified atom stereocenters. The van der Waals surface area contributed by atoms with Crippen molar-refractivity contribution < 1.29 is 66.7 Å². The van der Waals surface area contributed by atoms with Crippen LogP contribution in [0, 0.1) is 27.7 Å². The second-order valence-electron chi connectivity index (χ2n) is 18.3. The molecule has 0 N–H and O–H groups in total. The summed E-state index contributed by atoms with van der Waals surface area (Å²) in [6, 6.07) is 29.5. The number of carbonyl (C=O) groups is 7. The maximum atomic E-state index is 13.3. The van der Waals surface area contributed by atoms with Gasteiger partial charge in [0, 0.05) is 25.9 Å². The Kier molecular flexibility index (Phi) is 22.6. The lowest BCUT2D eigenvalue weighted by molar-refractivity contribution is -0.166. The molecule has 0 aliphatic heterocycles. The van der Waals surface area contributed by atoms with E-state index >= 15 is 0 Å². The second-order valence-corrected chi connectivity index (χ2v) is 18.3. The van der Waals surface area contributed by atoms with E-state index < -0.39 is 59.7 Å². The van der Waals surface area contributed by atoms with Crippen LogP contribution in [0.5, 0.6) is 0 Å². The van der Waals surface area contributed by atoms with Gasteiger partial charge in [-0.05, 0) is 83.6 Å². The third-order valence-corrected chi connectivity index (χ3v) is 10.5. The van der Waals surface area contributed by atoms with E-state index in [1.54, 1.807) is 20.8 Å². The smallest absolute Gasteiger partial charge is 0.410 e. The van der Waals surface area contributed by atoms with Crippen LogP contribution in [0.4, 0.5) is 4.79 Å². The van der Waals surface area contributed by atoms with Gasteiger partial charge in [0.25, 0.3) is 0 Å². The van der Waals surface area contributed by atoms with Crippen LogP contribution in [0.25, 0.3) is 0 Å². The van der Waals surface area contributed by atoms with Crippen molar-refractivity contribution in [2.45, 2.75) is 118 Å². The average molecular weight is 966 g/mol. The van der Waals surface area contributed by atoms with Crippen LogP contribution in [0.1, 0.15) is 91.0 Å². The molecule has 0 aliphatic rings. The van der Waals surface area contributed by atoms with E-state index in [0.29, 0.717) is 0 Å². The zero-order valence-corrected chi connectivity index (χ0v) is 41.5. The molecule has 4 aromatic rings.